The fourth-order valence-corrected chi connectivity index (χ4v) is 2.99. The van der Waals surface area contributed by atoms with E-state index in [1.807, 2.05) is 12.1 Å². The van der Waals surface area contributed by atoms with Crippen LogP contribution in [0, 0.1) is 6.92 Å². The maximum absolute atomic E-state index is 9.57. The highest BCUT2D eigenvalue weighted by molar-refractivity contribution is 7.15. The first kappa shape index (κ1) is 12.0. The number of phenols is 1. The number of rotatable bonds is 2. The van der Waals surface area contributed by atoms with Gasteiger partial charge in [-0.2, -0.15) is 0 Å². The lowest BCUT2D eigenvalue weighted by Gasteiger charge is -2.05. The monoisotopic (exact) mass is 266 g/mol. The lowest BCUT2D eigenvalue weighted by Crippen LogP contribution is -1.79. The summed E-state index contributed by atoms with van der Waals surface area (Å²) in [5.41, 5.74) is 3.38. The number of benzene rings is 2. The molecule has 0 atom stereocenters. The van der Waals surface area contributed by atoms with Crippen molar-refractivity contribution in [2.45, 2.75) is 6.92 Å². The molecule has 1 nitrogen and oxygen atoms in total. The van der Waals surface area contributed by atoms with Gasteiger partial charge in [0.25, 0.3) is 0 Å². The molecule has 0 spiro atoms. The molecule has 1 N–H and O–H groups in total. The number of aryl methyl sites for hydroxylation is 1. The Labute approximate surface area is 116 Å². The normalized spacial score (nSPS) is 10.6. The molecule has 0 saturated heterocycles. The summed E-state index contributed by atoms with van der Waals surface area (Å²) in [5.74, 6) is 0.301. The Morgan fingerprint density at radius 2 is 1.47 bits per heavy atom. The molecule has 19 heavy (non-hydrogen) atoms. The summed E-state index contributed by atoms with van der Waals surface area (Å²) in [6.07, 6.45) is 0. The Kier molecular flexibility index (Phi) is 3.10. The van der Waals surface area contributed by atoms with Gasteiger partial charge < -0.3 is 5.11 Å². The van der Waals surface area contributed by atoms with Gasteiger partial charge in [-0.1, -0.05) is 30.3 Å². The molecule has 0 saturated carbocycles. The van der Waals surface area contributed by atoms with E-state index in [2.05, 4.69) is 43.3 Å². The molecule has 94 valence electrons. The molecule has 2 aromatic carbocycles. The van der Waals surface area contributed by atoms with Crippen LogP contribution >= 0.6 is 11.3 Å². The maximum Gasteiger partial charge on any atom is 0.116 e. The summed E-state index contributed by atoms with van der Waals surface area (Å²) in [7, 11) is 0. The van der Waals surface area contributed by atoms with Crippen molar-refractivity contribution in [3.63, 3.8) is 0 Å². The fourth-order valence-electron chi connectivity index (χ4n) is 2.13. The second kappa shape index (κ2) is 4.90. The zero-order valence-corrected chi connectivity index (χ0v) is 11.4. The predicted octanol–water partition coefficient (Wildman–Crippen LogP) is 5.10. The van der Waals surface area contributed by atoms with E-state index in [1.165, 1.54) is 15.3 Å². The van der Waals surface area contributed by atoms with E-state index in [0.717, 1.165) is 11.1 Å². The molecule has 0 radical (unpaired) electrons. The van der Waals surface area contributed by atoms with Crippen LogP contribution in [0.1, 0.15) is 4.88 Å². The average Bonchev–Trinajstić information content (AvgIpc) is 2.86. The van der Waals surface area contributed by atoms with E-state index >= 15 is 0 Å². The number of hydrogen-bond acceptors (Lipinski definition) is 2. The van der Waals surface area contributed by atoms with Crippen molar-refractivity contribution in [3.05, 3.63) is 65.5 Å². The van der Waals surface area contributed by atoms with Crippen molar-refractivity contribution >= 4 is 11.3 Å². The van der Waals surface area contributed by atoms with Crippen molar-refractivity contribution in [2.24, 2.45) is 0 Å². The smallest absolute Gasteiger partial charge is 0.116 e. The Morgan fingerprint density at radius 3 is 2.16 bits per heavy atom. The number of aromatic hydroxyl groups is 1. The van der Waals surface area contributed by atoms with Crippen LogP contribution < -0.4 is 0 Å². The summed E-state index contributed by atoms with van der Waals surface area (Å²) in [6.45, 7) is 2.12. The second-order valence-corrected chi connectivity index (χ2v) is 5.83. The predicted molar refractivity (Wildman–Crippen MR) is 81.6 cm³/mol. The van der Waals surface area contributed by atoms with Crippen molar-refractivity contribution < 1.29 is 5.11 Å². The first-order valence-electron chi connectivity index (χ1n) is 6.19. The standard InChI is InChI=1S/C17H14OS/c1-12-8-9-17(19-12)15-6-2-4-13(10-15)14-5-3-7-16(18)11-14/h2-11,18H,1H3. The summed E-state index contributed by atoms with van der Waals surface area (Å²) >= 11 is 1.80. The molecule has 0 amide bonds. The first-order chi connectivity index (χ1) is 9.22. The summed E-state index contributed by atoms with van der Waals surface area (Å²) in [4.78, 5) is 2.59. The summed E-state index contributed by atoms with van der Waals surface area (Å²) in [5, 5.41) is 9.57. The van der Waals surface area contributed by atoms with Gasteiger partial charge in [-0.15, -0.1) is 11.3 Å². The summed E-state index contributed by atoms with van der Waals surface area (Å²) < 4.78 is 0. The molecule has 0 fully saturated rings. The van der Waals surface area contributed by atoms with Gasteiger partial charge in [-0.25, -0.2) is 0 Å². The second-order valence-electron chi connectivity index (χ2n) is 4.54. The maximum atomic E-state index is 9.57. The van der Waals surface area contributed by atoms with Gasteiger partial charge in [-0.3, -0.25) is 0 Å². The molecule has 0 aliphatic rings. The molecule has 0 unspecified atom stereocenters. The third-order valence-corrected chi connectivity index (χ3v) is 4.12. The SMILES string of the molecule is Cc1ccc(-c2cccc(-c3cccc(O)c3)c2)s1. The molecule has 0 aliphatic heterocycles. The van der Waals surface area contributed by atoms with Crippen molar-refractivity contribution in [3.8, 4) is 27.3 Å². The van der Waals surface area contributed by atoms with Crippen LogP contribution in [0.15, 0.2) is 60.7 Å². The van der Waals surface area contributed by atoms with Crippen LogP contribution in [-0.4, -0.2) is 5.11 Å². The van der Waals surface area contributed by atoms with Crippen molar-refractivity contribution in [2.75, 3.05) is 0 Å². The van der Waals surface area contributed by atoms with E-state index in [1.54, 1.807) is 23.5 Å². The van der Waals surface area contributed by atoms with Crippen LogP contribution in [0.25, 0.3) is 21.6 Å². The Hall–Kier alpha value is -2.06. The number of phenolic OH excluding ortho intramolecular Hbond substituents is 1. The van der Waals surface area contributed by atoms with Gasteiger partial charge in [0.2, 0.25) is 0 Å². The number of hydrogen-bond donors (Lipinski definition) is 1. The Bertz CT molecular complexity index is 713. The molecular weight excluding hydrogens is 252 g/mol. The van der Waals surface area contributed by atoms with E-state index in [0.29, 0.717) is 5.75 Å². The number of thiophene rings is 1. The Morgan fingerprint density at radius 1 is 0.789 bits per heavy atom. The molecule has 1 aromatic heterocycles. The van der Waals surface area contributed by atoms with E-state index < -0.39 is 0 Å². The lowest BCUT2D eigenvalue weighted by molar-refractivity contribution is 0.475. The third kappa shape index (κ3) is 2.54. The molecule has 1 heterocycles. The van der Waals surface area contributed by atoms with Crippen LogP contribution in [-0.2, 0) is 0 Å². The van der Waals surface area contributed by atoms with Crippen LogP contribution in [0.2, 0.25) is 0 Å². The van der Waals surface area contributed by atoms with Gasteiger partial charge in [0.05, 0.1) is 0 Å². The largest absolute Gasteiger partial charge is 0.508 e. The minimum Gasteiger partial charge on any atom is -0.508 e. The van der Waals surface area contributed by atoms with Crippen molar-refractivity contribution in [1.82, 2.24) is 0 Å². The third-order valence-electron chi connectivity index (χ3n) is 3.07. The van der Waals surface area contributed by atoms with Gasteiger partial charge in [0.15, 0.2) is 0 Å². The van der Waals surface area contributed by atoms with Crippen molar-refractivity contribution in [1.29, 1.82) is 0 Å². The van der Waals surface area contributed by atoms with Crippen LogP contribution in [0.3, 0.4) is 0 Å². The van der Waals surface area contributed by atoms with E-state index in [-0.39, 0.29) is 0 Å². The topological polar surface area (TPSA) is 20.2 Å². The van der Waals surface area contributed by atoms with Gasteiger partial charge in [0.1, 0.15) is 5.75 Å². The van der Waals surface area contributed by atoms with E-state index in [9.17, 15) is 5.11 Å². The van der Waals surface area contributed by atoms with Gasteiger partial charge in [0, 0.05) is 9.75 Å². The summed E-state index contributed by atoms with van der Waals surface area (Å²) in [6, 6.07) is 20.1. The van der Waals surface area contributed by atoms with E-state index in [4.69, 9.17) is 0 Å². The molecule has 0 aliphatic carbocycles. The fraction of sp³-hybridized carbons (Fsp3) is 0.0588. The van der Waals surface area contributed by atoms with Gasteiger partial charge >= 0.3 is 0 Å². The first-order valence-corrected chi connectivity index (χ1v) is 7.00. The van der Waals surface area contributed by atoms with Crippen LogP contribution in [0.4, 0.5) is 0 Å². The molecule has 3 aromatic rings. The quantitative estimate of drug-likeness (QED) is 0.684. The molecular formula is C17H14OS. The minimum absolute atomic E-state index is 0.301. The highest BCUT2D eigenvalue weighted by Gasteiger charge is 2.04. The Balaban J connectivity index is 2.05. The zero-order valence-electron chi connectivity index (χ0n) is 10.6. The zero-order chi connectivity index (χ0) is 13.2. The highest BCUT2D eigenvalue weighted by atomic mass is 32.1. The molecule has 0 bridgehead atoms. The average molecular weight is 266 g/mol. The minimum atomic E-state index is 0.301. The highest BCUT2D eigenvalue weighted by Crippen LogP contribution is 2.31. The van der Waals surface area contributed by atoms with Crippen LogP contribution in [0.5, 0.6) is 5.75 Å². The molecule has 2 heteroatoms. The van der Waals surface area contributed by atoms with Gasteiger partial charge in [-0.05, 0) is 53.9 Å². The lowest BCUT2D eigenvalue weighted by atomic mass is 10.0. The molecule has 3 rings (SSSR count).